The van der Waals surface area contributed by atoms with Gasteiger partial charge in [-0.15, -0.1) is 0 Å². The third-order valence-electron chi connectivity index (χ3n) is 4.45. The molecule has 1 aromatic carbocycles. The highest BCUT2D eigenvalue weighted by Crippen LogP contribution is 2.46. The van der Waals surface area contributed by atoms with E-state index in [2.05, 4.69) is 26.1 Å². The van der Waals surface area contributed by atoms with Crippen molar-refractivity contribution < 1.29 is 4.74 Å². The number of nitrogens with one attached hydrogen (secondary N) is 1. The molecule has 0 spiro atoms. The van der Waals surface area contributed by atoms with Gasteiger partial charge in [-0.05, 0) is 38.1 Å². The Morgan fingerprint density at radius 1 is 1.50 bits per heavy atom. The lowest BCUT2D eigenvalue weighted by atomic mass is 9.61. The fourth-order valence-corrected chi connectivity index (χ4v) is 2.94. The number of ether oxygens (including phenoxy) is 1. The summed E-state index contributed by atoms with van der Waals surface area (Å²) in [5.74, 6) is 0.816. The molecule has 3 unspecified atom stereocenters. The predicted molar refractivity (Wildman–Crippen MR) is 76.5 cm³/mol. The summed E-state index contributed by atoms with van der Waals surface area (Å²) in [5.41, 5.74) is 1.37. The third kappa shape index (κ3) is 2.24. The Balaban J connectivity index is 2.13. The van der Waals surface area contributed by atoms with Crippen molar-refractivity contribution >= 4 is 11.6 Å². The van der Waals surface area contributed by atoms with Crippen LogP contribution in [0.1, 0.15) is 32.3 Å². The Kier molecular flexibility index (Phi) is 3.88. The van der Waals surface area contributed by atoms with Crippen LogP contribution >= 0.6 is 11.6 Å². The predicted octanol–water partition coefficient (Wildman–Crippen LogP) is 3.80. The van der Waals surface area contributed by atoms with Gasteiger partial charge in [-0.3, -0.25) is 0 Å². The Labute approximate surface area is 115 Å². The Bertz CT molecular complexity index is 435. The van der Waals surface area contributed by atoms with Gasteiger partial charge in [0.1, 0.15) is 11.9 Å². The molecule has 2 rings (SSSR count). The SMILES string of the molecule is CCC1(C)C(NC)CC1Oc1cc(C)ccc1Cl. The van der Waals surface area contributed by atoms with Crippen molar-refractivity contribution in [3.05, 3.63) is 28.8 Å². The molecular weight excluding hydrogens is 246 g/mol. The Morgan fingerprint density at radius 3 is 2.83 bits per heavy atom. The van der Waals surface area contributed by atoms with Gasteiger partial charge in [-0.2, -0.15) is 0 Å². The van der Waals surface area contributed by atoms with Crippen LogP contribution in [0.2, 0.25) is 5.02 Å². The molecule has 1 aliphatic rings. The highest BCUT2D eigenvalue weighted by molar-refractivity contribution is 6.32. The lowest BCUT2D eigenvalue weighted by molar-refractivity contribution is -0.0677. The summed E-state index contributed by atoms with van der Waals surface area (Å²) in [4.78, 5) is 0. The first-order chi connectivity index (χ1) is 8.51. The first-order valence-electron chi connectivity index (χ1n) is 6.61. The van der Waals surface area contributed by atoms with E-state index in [4.69, 9.17) is 16.3 Å². The maximum atomic E-state index is 6.19. The quantitative estimate of drug-likeness (QED) is 0.896. The summed E-state index contributed by atoms with van der Waals surface area (Å²) in [7, 11) is 2.02. The topological polar surface area (TPSA) is 21.3 Å². The minimum Gasteiger partial charge on any atom is -0.488 e. The number of benzene rings is 1. The smallest absolute Gasteiger partial charge is 0.138 e. The summed E-state index contributed by atoms with van der Waals surface area (Å²) in [6, 6.07) is 6.47. The van der Waals surface area contributed by atoms with E-state index >= 15 is 0 Å². The van der Waals surface area contributed by atoms with Gasteiger partial charge in [0.05, 0.1) is 5.02 Å². The van der Waals surface area contributed by atoms with E-state index in [9.17, 15) is 0 Å². The minimum atomic E-state index is 0.196. The average molecular weight is 268 g/mol. The molecule has 1 N–H and O–H groups in total. The van der Waals surface area contributed by atoms with E-state index in [1.807, 2.05) is 25.2 Å². The van der Waals surface area contributed by atoms with E-state index in [1.165, 1.54) is 5.56 Å². The molecule has 3 heteroatoms. The number of hydrogen-bond acceptors (Lipinski definition) is 2. The van der Waals surface area contributed by atoms with Crippen LogP contribution in [0.15, 0.2) is 18.2 Å². The molecule has 0 bridgehead atoms. The van der Waals surface area contributed by atoms with Gasteiger partial charge in [0.2, 0.25) is 0 Å². The Morgan fingerprint density at radius 2 is 2.22 bits per heavy atom. The van der Waals surface area contributed by atoms with Gasteiger partial charge < -0.3 is 10.1 Å². The minimum absolute atomic E-state index is 0.196. The van der Waals surface area contributed by atoms with Crippen molar-refractivity contribution in [2.24, 2.45) is 5.41 Å². The van der Waals surface area contributed by atoms with Crippen molar-refractivity contribution in [3.63, 3.8) is 0 Å². The van der Waals surface area contributed by atoms with Crippen molar-refractivity contribution in [3.8, 4) is 5.75 Å². The molecule has 1 saturated carbocycles. The normalized spacial score (nSPS) is 30.9. The van der Waals surface area contributed by atoms with Gasteiger partial charge in [0.25, 0.3) is 0 Å². The zero-order valence-corrected chi connectivity index (χ0v) is 12.3. The molecule has 0 heterocycles. The van der Waals surface area contributed by atoms with Crippen LogP contribution in [0.3, 0.4) is 0 Å². The van der Waals surface area contributed by atoms with Crippen molar-refractivity contribution in [2.75, 3.05) is 7.05 Å². The maximum Gasteiger partial charge on any atom is 0.138 e. The lowest BCUT2D eigenvalue weighted by Crippen LogP contribution is -2.62. The van der Waals surface area contributed by atoms with E-state index in [-0.39, 0.29) is 11.5 Å². The zero-order valence-electron chi connectivity index (χ0n) is 11.6. The molecular formula is C15H22ClNO. The fraction of sp³-hybridized carbons (Fsp3) is 0.600. The van der Waals surface area contributed by atoms with Crippen molar-refractivity contribution in [1.29, 1.82) is 0 Å². The van der Waals surface area contributed by atoms with Gasteiger partial charge >= 0.3 is 0 Å². The summed E-state index contributed by atoms with van der Waals surface area (Å²) in [6.45, 7) is 6.56. The molecule has 0 radical (unpaired) electrons. The van der Waals surface area contributed by atoms with E-state index in [0.717, 1.165) is 18.6 Å². The summed E-state index contributed by atoms with van der Waals surface area (Å²) in [6.07, 6.45) is 2.40. The molecule has 0 amide bonds. The number of hydrogen-bond donors (Lipinski definition) is 1. The second kappa shape index (κ2) is 5.10. The number of aryl methyl sites for hydroxylation is 1. The second-order valence-electron chi connectivity index (χ2n) is 5.48. The maximum absolute atomic E-state index is 6.19. The third-order valence-corrected chi connectivity index (χ3v) is 4.76. The van der Waals surface area contributed by atoms with Gasteiger partial charge in [0.15, 0.2) is 0 Å². The highest BCUT2D eigenvalue weighted by Gasteiger charge is 2.51. The highest BCUT2D eigenvalue weighted by atomic mass is 35.5. The van der Waals surface area contributed by atoms with Crippen LogP contribution in [0.4, 0.5) is 0 Å². The standard InChI is InChI=1S/C15H22ClNO/c1-5-15(3)13(17-4)9-14(15)18-12-8-10(2)6-7-11(12)16/h6-8,13-14,17H,5,9H2,1-4H3. The molecule has 1 aromatic rings. The van der Waals surface area contributed by atoms with Crippen molar-refractivity contribution in [1.82, 2.24) is 5.32 Å². The van der Waals surface area contributed by atoms with Crippen LogP contribution < -0.4 is 10.1 Å². The number of halogens is 1. The molecule has 2 nitrogen and oxygen atoms in total. The van der Waals surface area contributed by atoms with E-state index in [0.29, 0.717) is 11.1 Å². The van der Waals surface area contributed by atoms with Crippen LogP contribution in [-0.4, -0.2) is 19.2 Å². The van der Waals surface area contributed by atoms with Crippen LogP contribution in [0.5, 0.6) is 5.75 Å². The molecule has 0 saturated heterocycles. The molecule has 3 atom stereocenters. The average Bonchev–Trinajstić information content (AvgIpc) is 2.36. The molecule has 1 fully saturated rings. The first kappa shape index (κ1) is 13.7. The van der Waals surface area contributed by atoms with Crippen LogP contribution in [-0.2, 0) is 0 Å². The number of rotatable bonds is 4. The largest absolute Gasteiger partial charge is 0.488 e. The van der Waals surface area contributed by atoms with E-state index in [1.54, 1.807) is 0 Å². The van der Waals surface area contributed by atoms with E-state index < -0.39 is 0 Å². The second-order valence-corrected chi connectivity index (χ2v) is 5.88. The summed E-state index contributed by atoms with van der Waals surface area (Å²) < 4.78 is 6.13. The van der Waals surface area contributed by atoms with Crippen LogP contribution in [0.25, 0.3) is 0 Å². The van der Waals surface area contributed by atoms with Crippen molar-refractivity contribution in [2.45, 2.75) is 45.8 Å². The Hall–Kier alpha value is -0.730. The summed E-state index contributed by atoms with van der Waals surface area (Å²) in [5, 5.41) is 4.07. The molecule has 18 heavy (non-hydrogen) atoms. The lowest BCUT2D eigenvalue weighted by Gasteiger charge is -2.53. The first-order valence-corrected chi connectivity index (χ1v) is 6.99. The summed E-state index contributed by atoms with van der Waals surface area (Å²) >= 11 is 6.19. The molecule has 0 aromatic heterocycles. The van der Waals surface area contributed by atoms with Gasteiger partial charge in [0, 0.05) is 17.9 Å². The molecule has 0 aliphatic heterocycles. The molecule has 100 valence electrons. The monoisotopic (exact) mass is 267 g/mol. The molecule has 1 aliphatic carbocycles. The van der Waals surface area contributed by atoms with Crippen LogP contribution in [0, 0.1) is 12.3 Å². The fourth-order valence-electron chi connectivity index (χ4n) is 2.77. The zero-order chi connectivity index (χ0) is 13.3. The van der Waals surface area contributed by atoms with Gasteiger partial charge in [-0.25, -0.2) is 0 Å². The van der Waals surface area contributed by atoms with Gasteiger partial charge in [-0.1, -0.05) is 31.5 Å².